The number of amides is 2. The van der Waals surface area contributed by atoms with Gasteiger partial charge in [0.2, 0.25) is 11.8 Å². The number of aromatic nitrogens is 2. The van der Waals surface area contributed by atoms with Crippen LogP contribution in [0.2, 0.25) is 0 Å². The summed E-state index contributed by atoms with van der Waals surface area (Å²) in [5, 5.41) is 0.542. The second kappa shape index (κ2) is 6.77. The Balaban J connectivity index is 1.47. The zero-order valence-electron chi connectivity index (χ0n) is 19.4. The molecule has 3 fully saturated rings. The van der Waals surface area contributed by atoms with Crippen molar-refractivity contribution in [3.05, 3.63) is 101 Å². The van der Waals surface area contributed by atoms with Crippen LogP contribution in [-0.4, -0.2) is 38.9 Å². The molecule has 3 saturated heterocycles. The Kier molecular flexibility index (Phi) is 3.78. The van der Waals surface area contributed by atoms with Crippen LogP contribution in [0, 0.1) is 11.8 Å². The number of para-hydroxylation sites is 3. The molecule has 0 aliphatic carbocycles. The molecule has 0 unspecified atom stereocenters. The lowest BCUT2D eigenvalue weighted by Gasteiger charge is -2.38. The first-order valence-electron chi connectivity index (χ1n) is 12.5. The zero-order valence-corrected chi connectivity index (χ0v) is 19.4. The van der Waals surface area contributed by atoms with Gasteiger partial charge in [-0.05, 0) is 49.7 Å². The minimum Gasteiger partial charge on any atom is -0.283 e. The lowest BCUT2D eigenvalue weighted by Crippen LogP contribution is -2.51. The molecule has 0 radical (unpaired) electrons. The summed E-state index contributed by atoms with van der Waals surface area (Å²) in [5.74, 6) is -0.940. The molecule has 4 atom stereocenters. The Morgan fingerprint density at radius 3 is 2.44 bits per heavy atom. The summed E-state index contributed by atoms with van der Waals surface area (Å²) in [6, 6.07) is 24.3. The third-order valence-corrected chi connectivity index (χ3v) is 8.65. The number of anilines is 1. The van der Waals surface area contributed by atoms with E-state index in [4.69, 9.17) is 4.98 Å². The summed E-state index contributed by atoms with van der Waals surface area (Å²) in [5.41, 5.74) is 1.73. The van der Waals surface area contributed by atoms with E-state index >= 15 is 0 Å². The van der Waals surface area contributed by atoms with Gasteiger partial charge in [-0.2, -0.15) is 0 Å². The molecule has 0 saturated carbocycles. The van der Waals surface area contributed by atoms with E-state index in [9.17, 15) is 14.4 Å². The summed E-state index contributed by atoms with van der Waals surface area (Å²) >= 11 is 0. The van der Waals surface area contributed by atoms with Crippen molar-refractivity contribution in [1.82, 2.24) is 14.5 Å². The second-order valence-corrected chi connectivity index (χ2v) is 10.1. The third kappa shape index (κ3) is 2.14. The van der Waals surface area contributed by atoms with Crippen molar-refractivity contribution in [2.24, 2.45) is 11.8 Å². The first kappa shape index (κ1) is 20.1. The van der Waals surface area contributed by atoms with E-state index in [-0.39, 0.29) is 23.4 Å². The van der Waals surface area contributed by atoms with Crippen LogP contribution >= 0.6 is 0 Å². The molecular weight excluding hydrogens is 452 g/mol. The van der Waals surface area contributed by atoms with Crippen LogP contribution in [0.4, 0.5) is 5.69 Å². The van der Waals surface area contributed by atoms with Crippen LogP contribution in [0.15, 0.2) is 83.7 Å². The fraction of sp³-hybridized carbons (Fsp3) is 0.241. The minimum atomic E-state index is -0.970. The Morgan fingerprint density at radius 1 is 0.833 bits per heavy atom. The van der Waals surface area contributed by atoms with Gasteiger partial charge in [0.15, 0.2) is 0 Å². The van der Waals surface area contributed by atoms with Crippen LogP contribution in [-0.2, 0) is 15.1 Å². The Bertz CT molecular complexity index is 1680. The lowest BCUT2D eigenvalue weighted by atomic mass is 9.75. The first-order valence-corrected chi connectivity index (χ1v) is 12.5. The molecule has 2 amide bonds. The number of carbonyl (C=O) groups is 2. The molecule has 36 heavy (non-hydrogen) atoms. The number of carbonyl (C=O) groups excluding carboxylic acids is 2. The maximum Gasteiger partial charge on any atom is 0.266 e. The van der Waals surface area contributed by atoms with Crippen molar-refractivity contribution < 1.29 is 9.59 Å². The summed E-state index contributed by atoms with van der Waals surface area (Å²) in [7, 11) is 0. The van der Waals surface area contributed by atoms with E-state index in [2.05, 4.69) is 4.90 Å². The molecular formula is C29H22N4O3. The molecule has 3 aromatic carbocycles. The molecule has 7 nitrogen and oxygen atoms in total. The maximum absolute atomic E-state index is 14.3. The van der Waals surface area contributed by atoms with Crippen molar-refractivity contribution in [3.63, 3.8) is 0 Å². The molecule has 8 rings (SSSR count). The molecule has 4 aromatic rings. The molecule has 7 heteroatoms. The normalized spacial score (nSPS) is 28.1. The Morgan fingerprint density at radius 2 is 1.58 bits per heavy atom. The summed E-state index contributed by atoms with van der Waals surface area (Å²) in [6.07, 6.45) is 1.77. The number of imide groups is 1. The molecule has 4 aliphatic rings. The highest BCUT2D eigenvalue weighted by atomic mass is 16.2. The predicted octanol–water partition coefficient (Wildman–Crippen LogP) is 3.23. The number of fused-ring (bicyclic) bond motifs is 11. The Labute approximate surface area is 206 Å². The van der Waals surface area contributed by atoms with Gasteiger partial charge in [0.1, 0.15) is 11.4 Å². The number of nitrogens with zero attached hydrogens (tertiary/aromatic N) is 4. The van der Waals surface area contributed by atoms with Gasteiger partial charge in [0.05, 0.1) is 34.1 Å². The van der Waals surface area contributed by atoms with Crippen LogP contribution < -0.4 is 10.5 Å². The maximum atomic E-state index is 14.3. The smallest absolute Gasteiger partial charge is 0.266 e. The van der Waals surface area contributed by atoms with E-state index < -0.39 is 17.4 Å². The highest BCUT2D eigenvalue weighted by Gasteiger charge is 2.73. The fourth-order valence-electron chi connectivity index (χ4n) is 7.45. The van der Waals surface area contributed by atoms with Crippen molar-refractivity contribution in [2.75, 3.05) is 11.4 Å². The van der Waals surface area contributed by atoms with Gasteiger partial charge >= 0.3 is 0 Å². The average Bonchev–Trinajstić information content (AvgIpc) is 3.62. The number of hydrogen-bond donors (Lipinski definition) is 0. The molecule has 1 aromatic heterocycles. The number of rotatable bonds is 1. The molecule has 4 aliphatic heterocycles. The van der Waals surface area contributed by atoms with Crippen LogP contribution in [0.5, 0.6) is 0 Å². The van der Waals surface area contributed by atoms with E-state index in [1.54, 1.807) is 10.6 Å². The van der Waals surface area contributed by atoms with Crippen LogP contribution in [0.1, 0.15) is 24.2 Å². The third-order valence-electron chi connectivity index (χ3n) is 8.65. The summed E-state index contributed by atoms with van der Waals surface area (Å²) in [4.78, 5) is 51.0. The molecule has 0 bridgehead atoms. The van der Waals surface area contributed by atoms with Crippen LogP contribution in [0.3, 0.4) is 0 Å². The van der Waals surface area contributed by atoms with Gasteiger partial charge in [0.25, 0.3) is 5.56 Å². The van der Waals surface area contributed by atoms with E-state index in [0.717, 1.165) is 30.6 Å². The Hall–Kier alpha value is -4.10. The number of hydrogen-bond acceptors (Lipinski definition) is 5. The SMILES string of the molecule is O=C1[C@H]2[C@H]3CCCN3[C@]3(c4ccccc4-n4c3nc3ccccc3c4=O)[C@H]2C(=O)N1c1ccccc1. The summed E-state index contributed by atoms with van der Waals surface area (Å²) in [6.45, 7) is 0.751. The van der Waals surface area contributed by atoms with Gasteiger partial charge in [-0.1, -0.05) is 48.5 Å². The quantitative estimate of drug-likeness (QED) is 0.396. The number of benzene rings is 3. The molecule has 5 heterocycles. The van der Waals surface area contributed by atoms with Gasteiger partial charge < -0.3 is 0 Å². The highest BCUT2D eigenvalue weighted by molar-refractivity contribution is 6.23. The predicted molar refractivity (Wildman–Crippen MR) is 134 cm³/mol. The van der Waals surface area contributed by atoms with E-state index in [0.29, 0.717) is 22.4 Å². The topological polar surface area (TPSA) is 75.5 Å². The largest absolute Gasteiger partial charge is 0.283 e. The van der Waals surface area contributed by atoms with Crippen LogP contribution in [0.25, 0.3) is 16.6 Å². The van der Waals surface area contributed by atoms with Crippen molar-refractivity contribution in [2.45, 2.75) is 24.4 Å². The van der Waals surface area contributed by atoms with E-state index in [1.807, 2.05) is 72.8 Å². The van der Waals surface area contributed by atoms with E-state index in [1.165, 1.54) is 4.90 Å². The average molecular weight is 475 g/mol. The van der Waals surface area contributed by atoms with Gasteiger partial charge in [-0.3, -0.25) is 23.9 Å². The first-order chi connectivity index (χ1) is 17.6. The monoisotopic (exact) mass is 474 g/mol. The second-order valence-electron chi connectivity index (χ2n) is 10.1. The highest BCUT2D eigenvalue weighted by Crippen LogP contribution is 2.62. The standard InChI is InChI=1S/C29H22N4O3/c34-25-18-11-4-6-13-20(18)30-28-29(19-12-5-7-14-21(19)33(25)28)24-23(22-15-8-16-31(22)29)26(35)32(27(24)36)17-9-2-1-3-10-17/h1-7,9-14,22-24H,8,15-16H2/t22-,23+,24-,29-/m1/s1. The van der Waals surface area contributed by atoms with Crippen molar-refractivity contribution in [3.8, 4) is 5.69 Å². The zero-order chi connectivity index (χ0) is 24.2. The van der Waals surface area contributed by atoms with Gasteiger partial charge in [0, 0.05) is 11.6 Å². The molecule has 176 valence electrons. The van der Waals surface area contributed by atoms with Gasteiger partial charge in [-0.15, -0.1) is 0 Å². The minimum absolute atomic E-state index is 0.0804. The van der Waals surface area contributed by atoms with Crippen molar-refractivity contribution in [1.29, 1.82) is 0 Å². The fourth-order valence-corrected chi connectivity index (χ4v) is 7.45. The van der Waals surface area contributed by atoms with Gasteiger partial charge in [-0.25, -0.2) is 9.88 Å². The lowest BCUT2D eigenvalue weighted by molar-refractivity contribution is -0.124. The molecule has 0 N–H and O–H groups in total. The van der Waals surface area contributed by atoms with Crippen molar-refractivity contribution >= 4 is 28.4 Å². The molecule has 1 spiro atoms. The summed E-state index contributed by atoms with van der Waals surface area (Å²) < 4.78 is 1.69.